The van der Waals surface area contributed by atoms with Gasteiger partial charge in [-0.05, 0) is 30.5 Å². The van der Waals surface area contributed by atoms with Gasteiger partial charge in [-0.15, -0.1) is 0 Å². The molecule has 0 unspecified atom stereocenters. The van der Waals surface area contributed by atoms with Crippen LogP contribution in [-0.2, 0) is 6.54 Å². The van der Waals surface area contributed by atoms with Gasteiger partial charge in [-0.25, -0.2) is 9.97 Å². The van der Waals surface area contributed by atoms with Crippen molar-refractivity contribution in [3.05, 3.63) is 64.5 Å². The first-order valence-corrected chi connectivity index (χ1v) is 6.32. The highest BCUT2D eigenvalue weighted by atomic mass is 16.1. The maximum Gasteiger partial charge on any atom is 0.260 e. The molecule has 20 heavy (non-hydrogen) atoms. The van der Waals surface area contributed by atoms with Gasteiger partial charge in [0.2, 0.25) is 0 Å². The zero-order chi connectivity index (χ0) is 14.1. The fourth-order valence-electron chi connectivity index (χ4n) is 2.24. The minimum atomic E-state index is -0.100. The number of fused-ring (bicyclic) bond motifs is 1. The Balaban J connectivity index is 2.14. The summed E-state index contributed by atoms with van der Waals surface area (Å²) in [6.45, 7) is 2.16. The second-order valence-electron chi connectivity index (χ2n) is 4.64. The molecule has 100 valence electrons. The lowest BCUT2D eigenvalue weighted by Gasteiger charge is -2.11. The SMILES string of the molecule is Cc1nccc(Cn2c(N)cc3ccccc3c2=O)n1. The lowest BCUT2D eigenvalue weighted by Crippen LogP contribution is -2.24. The van der Waals surface area contributed by atoms with E-state index in [4.69, 9.17) is 5.73 Å². The summed E-state index contributed by atoms with van der Waals surface area (Å²) in [7, 11) is 0. The average Bonchev–Trinajstić information content (AvgIpc) is 2.43. The first-order valence-electron chi connectivity index (χ1n) is 6.32. The van der Waals surface area contributed by atoms with E-state index < -0.39 is 0 Å². The van der Waals surface area contributed by atoms with Gasteiger partial charge >= 0.3 is 0 Å². The molecule has 0 saturated carbocycles. The quantitative estimate of drug-likeness (QED) is 0.766. The maximum absolute atomic E-state index is 12.5. The number of nitrogens with zero attached hydrogens (tertiary/aromatic N) is 3. The molecule has 5 heteroatoms. The summed E-state index contributed by atoms with van der Waals surface area (Å²) in [5, 5.41) is 1.51. The van der Waals surface area contributed by atoms with E-state index in [2.05, 4.69) is 9.97 Å². The van der Waals surface area contributed by atoms with Crippen LogP contribution >= 0.6 is 0 Å². The fraction of sp³-hybridized carbons (Fsp3) is 0.133. The number of nitrogens with two attached hydrogens (primary N) is 1. The summed E-state index contributed by atoms with van der Waals surface area (Å²) in [6.07, 6.45) is 1.68. The minimum absolute atomic E-state index is 0.100. The van der Waals surface area contributed by atoms with Crippen molar-refractivity contribution < 1.29 is 0 Å². The second kappa shape index (κ2) is 4.77. The molecular formula is C15H14N4O. The number of rotatable bonds is 2. The largest absolute Gasteiger partial charge is 0.385 e. The Morgan fingerprint density at radius 3 is 2.85 bits per heavy atom. The van der Waals surface area contributed by atoms with Crippen LogP contribution in [0.1, 0.15) is 11.5 Å². The Bertz CT molecular complexity index is 839. The van der Waals surface area contributed by atoms with Crippen molar-refractivity contribution >= 4 is 16.6 Å². The van der Waals surface area contributed by atoms with Crippen LogP contribution in [0, 0.1) is 6.92 Å². The number of nitrogen functional groups attached to an aromatic ring is 1. The van der Waals surface area contributed by atoms with E-state index in [0.717, 1.165) is 11.1 Å². The molecule has 0 aliphatic rings. The predicted octanol–water partition coefficient (Wildman–Crippen LogP) is 1.73. The van der Waals surface area contributed by atoms with Gasteiger partial charge in [0.05, 0.1) is 12.2 Å². The van der Waals surface area contributed by atoms with E-state index in [1.54, 1.807) is 18.3 Å². The van der Waals surface area contributed by atoms with Crippen molar-refractivity contribution in [2.45, 2.75) is 13.5 Å². The van der Waals surface area contributed by atoms with Crippen LogP contribution in [0.5, 0.6) is 0 Å². The third-order valence-electron chi connectivity index (χ3n) is 3.21. The van der Waals surface area contributed by atoms with Crippen molar-refractivity contribution in [1.29, 1.82) is 0 Å². The fourth-order valence-corrected chi connectivity index (χ4v) is 2.24. The Morgan fingerprint density at radius 1 is 1.25 bits per heavy atom. The summed E-state index contributed by atoms with van der Waals surface area (Å²) >= 11 is 0. The first-order chi connectivity index (χ1) is 9.65. The molecule has 0 aliphatic carbocycles. The normalized spacial score (nSPS) is 10.8. The molecule has 2 N–H and O–H groups in total. The molecule has 3 rings (SSSR count). The van der Waals surface area contributed by atoms with Crippen molar-refractivity contribution in [3.8, 4) is 0 Å². The summed E-state index contributed by atoms with van der Waals surface area (Å²) in [5.41, 5.74) is 6.66. The molecule has 0 fully saturated rings. The highest BCUT2D eigenvalue weighted by Gasteiger charge is 2.08. The molecule has 3 aromatic rings. The van der Waals surface area contributed by atoms with E-state index in [1.807, 2.05) is 31.2 Å². The van der Waals surface area contributed by atoms with Crippen LogP contribution in [0.2, 0.25) is 0 Å². The summed E-state index contributed by atoms with van der Waals surface area (Å²) in [6, 6.07) is 11.0. The lowest BCUT2D eigenvalue weighted by atomic mass is 10.1. The number of pyridine rings is 1. The molecule has 0 saturated heterocycles. The van der Waals surface area contributed by atoms with Gasteiger partial charge in [0, 0.05) is 11.6 Å². The van der Waals surface area contributed by atoms with E-state index in [-0.39, 0.29) is 5.56 Å². The Labute approximate surface area is 115 Å². The third kappa shape index (κ3) is 2.14. The van der Waals surface area contributed by atoms with Crippen LogP contribution in [0.3, 0.4) is 0 Å². The van der Waals surface area contributed by atoms with E-state index in [1.165, 1.54) is 4.57 Å². The highest BCUT2D eigenvalue weighted by molar-refractivity contribution is 5.83. The molecule has 0 spiro atoms. The molecule has 0 radical (unpaired) electrons. The first kappa shape index (κ1) is 12.3. The highest BCUT2D eigenvalue weighted by Crippen LogP contribution is 2.14. The molecule has 0 bridgehead atoms. The van der Waals surface area contributed by atoms with Gasteiger partial charge in [-0.2, -0.15) is 0 Å². The topological polar surface area (TPSA) is 73.8 Å². The van der Waals surface area contributed by atoms with Gasteiger partial charge in [-0.3, -0.25) is 9.36 Å². The Morgan fingerprint density at radius 2 is 2.05 bits per heavy atom. The number of hydrogen-bond acceptors (Lipinski definition) is 4. The average molecular weight is 266 g/mol. The molecule has 0 atom stereocenters. The van der Waals surface area contributed by atoms with Crippen molar-refractivity contribution in [2.75, 3.05) is 5.73 Å². The van der Waals surface area contributed by atoms with Crippen LogP contribution in [0.4, 0.5) is 5.82 Å². The van der Waals surface area contributed by atoms with E-state index >= 15 is 0 Å². The van der Waals surface area contributed by atoms with Crippen molar-refractivity contribution in [3.63, 3.8) is 0 Å². The maximum atomic E-state index is 12.5. The standard InChI is InChI=1S/C15H14N4O/c1-10-17-7-6-12(18-10)9-19-14(16)8-11-4-2-3-5-13(11)15(19)20/h2-8H,9,16H2,1H3. The van der Waals surface area contributed by atoms with Gasteiger partial charge in [0.15, 0.2) is 0 Å². The smallest absolute Gasteiger partial charge is 0.260 e. The van der Waals surface area contributed by atoms with E-state index in [9.17, 15) is 4.79 Å². The zero-order valence-electron chi connectivity index (χ0n) is 11.1. The van der Waals surface area contributed by atoms with Gasteiger partial charge in [0.25, 0.3) is 5.56 Å². The molecule has 1 aromatic carbocycles. The number of anilines is 1. The molecular weight excluding hydrogens is 252 g/mol. The van der Waals surface area contributed by atoms with Gasteiger partial charge in [0.1, 0.15) is 11.6 Å². The van der Waals surface area contributed by atoms with Crippen LogP contribution in [0.15, 0.2) is 47.4 Å². The Kier molecular flexibility index (Phi) is 2.95. The number of benzene rings is 1. The van der Waals surface area contributed by atoms with Crippen molar-refractivity contribution in [1.82, 2.24) is 14.5 Å². The monoisotopic (exact) mass is 266 g/mol. The summed E-state index contributed by atoms with van der Waals surface area (Å²) < 4.78 is 1.53. The molecule has 0 amide bonds. The third-order valence-corrected chi connectivity index (χ3v) is 3.21. The van der Waals surface area contributed by atoms with Crippen LogP contribution < -0.4 is 11.3 Å². The van der Waals surface area contributed by atoms with Gasteiger partial charge in [-0.1, -0.05) is 18.2 Å². The summed E-state index contributed by atoms with van der Waals surface area (Å²) in [5.74, 6) is 1.11. The zero-order valence-corrected chi connectivity index (χ0v) is 11.1. The molecule has 0 aliphatic heterocycles. The van der Waals surface area contributed by atoms with E-state index in [0.29, 0.717) is 23.6 Å². The molecule has 2 aromatic heterocycles. The second-order valence-corrected chi connectivity index (χ2v) is 4.64. The van der Waals surface area contributed by atoms with Crippen LogP contribution in [-0.4, -0.2) is 14.5 Å². The predicted molar refractivity (Wildman–Crippen MR) is 78.5 cm³/mol. The number of aryl methyl sites for hydroxylation is 1. The van der Waals surface area contributed by atoms with Gasteiger partial charge < -0.3 is 5.73 Å². The summed E-state index contributed by atoms with van der Waals surface area (Å²) in [4.78, 5) is 20.8. The molecule has 5 nitrogen and oxygen atoms in total. The van der Waals surface area contributed by atoms with Crippen molar-refractivity contribution in [2.24, 2.45) is 0 Å². The number of aromatic nitrogens is 3. The Hall–Kier alpha value is -2.69. The lowest BCUT2D eigenvalue weighted by molar-refractivity contribution is 0.749. The van der Waals surface area contributed by atoms with Crippen LogP contribution in [0.25, 0.3) is 10.8 Å². The number of hydrogen-bond donors (Lipinski definition) is 1. The molecule has 2 heterocycles. The minimum Gasteiger partial charge on any atom is -0.385 e.